The zero-order chi connectivity index (χ0) is 18.4. The van der Waals surface area contributed by atoms with Crippen molar-refractivity contribution < 1.29 is 23.1 Å². The van der Waals surface area contributed by atoms with Gasteiger partial charge >= 0.3 is 12.1 Å². The van der Waals surface area contributed by atoms with Gasteiger partial charge in [-0.3, -0.25) is 5.43 Å². The third kappa shape index (κ3) is 5.57. The van der Waals surface area contributed by atoms with Crippen molar-refractivity contribution in [2.24, 2.45) is 5.10 Å². The largest absolute Gasteiger partial charge is 0.478 e. The summed E-state index contributed by atoms with van der Waals surface area (Å²) < 4.78 is 37.9. The Labute approximate surface area is 146 Å². The Morgan fingerprint density at radius 2 is 1.84 bits per heavy atom. The van der Waals surface area contributed by atoms with Gasteiger partial charge in [-0.1, -0.05) is 18.2 Å². The highest BCUT2D eigenvalue weighted by atomic mass is 32.1. The molecule has 0 bridgehead atoms. The third-order valence-electron chi connectivity index (χ3n) is 2.99. The zero-order valence-electron chi connectivity index (χ0n) is 12.5. The summed E-state index contributed by atoms with van der Waals surface area (Å²) in [7, 11) is 0. The van der Waals surface area contributed by atoms with E-state index in [0.29, 0.717) is 5.56 Å². The SMILES string of the molecule is O=C(O)c1ccc(/C=N\NC(=S)Nc2cccc(C(F)(F)F)c2)cc1. The summed E-state index contributed by atoms with van der Waals surface area (Å²) in [4.78, 5) is 10.7. The van der Waals surface area contributed by atoms with Crippen molar-refractivity contribution in [2.75, 3.05) is 5.32 Å². The summed E-state index contributed by atoms with van der Waals surface area (Å²) in [6.07, 6.45) is -3.04. The average Bonchev–Trinajstić information content (AvgIpc) is 2.55. The molecular formula is C16H12F3N3O2S. The van der Waals surface area contributed by atoms with Crippen molar-refractivity contribution in [3.8, 4) is 0 Å². The number of thiocarbonyl (C=S) groups is 1. The van der Waals surface area contributed by atoms with Crippen molar-refractivity contribution in [1.82, 2.24) is 5.43 Å². The molecule has 2 rings (SSSR count). The van der Waals surface area contributed by atoms with Crippen molar-refractivity contribution in [2.45, 2.75) is 6.18 Å². The van der Waals surface area contributed by atoms with Gasteiger partial charge in [0.1, 0.15) is 0 Å². The molecule has 0 amide bonds. The van der Waals surface area contributed by atoms with E-state index in [9.17, 15) is 18.0 Å². The van der Waals surface area contributed by atoms with Gasteiger partial charge in [0.25, 0.3) is 0 Å². The fourth-order valence-electron chi connectivity index (χ4n) is 1.81. The maximum Gasteiger partial charge on any atom is 0.416 e. The van der Waals surface area contributed by atoms with Gasteiger partial charge < -0.3 is 10.4 Å². The molecule has 9 heteroatoms. The fourth-order valence-corrected chi connectivity index (χ4v) is 1.98. The summed E-state index contributed by atoms with van der Waals surface area (Å²) in [6.45, 7) is 0. The number of anilines is 1. The van der Waals surface area contributed by atoms with Crippen LogP contribution in [0, 0.1) is 0 Å². The van der Waals surface area contributed by atoms with Gasteiger partial charge in [-0.05, 0) is 48.1 Å². The van der Waals surface area contributed by atoms with Gasteiger partial charge in [-0.2, -0.15) is 18.3 Å². The second kappa shape index (κ2) is 7.75. The number of alkyl halides is 3. The fraction of sp³-hybridized carbons (Fsp3) is 0.0625. The molecule has 0 atom stereocenters. The molecule has 0 radical (unpaired) electrons. The maximum absolute atomic E-state index is 12.6. The van der Waals surface area contributed by atoms with Crippen LogP contribution in [0.4, 0.5) is 18.9 Å². The minimum Gasteiger partial charge on any atom is -0.478 e. The summed E-state index contributed by atoms with van der Waals surface area (Å²) in [5.74, 6) is -1.03. The van der Waals surface area contributed by atoms with Crippen LogP contribution in [0.15, 0.2) is 53.6 Å². The molecule has 2 aromatic carbocycles. The Morgan fingerprint density at radius 3 is 2.44 bits per heavy atom. The molecule has 0 heterocycles. The molecule has 0 saturated heterocycles. The molecule has 0 fully saturated rings. The highest BCUT2D eigenvalue weighted by Gasteiger charge is 2.30. The maximum atomic E-state index is 12.6. The van der Waals surface area contributed by atoms with Gasteiger partial charge in [0, 0.05) is 5.69 Å². The van der Waals surface area contributed by atoms with Crippen molar-refractivity contribution in [3.05, 3.63) is 65.2 Å². The summed E-state index contributed by atoms with van der Waals surface area (Å²) in [6, 6.07) is 10.5. The van der Waals surface area contributed by atoms with Crippen LogP contribution in [0.1, 0.15) is 21.5 Å². The highest BCUT2D eigenvalue weighted by molar-refractivity contribution is 7.80. The first kappa shape index (κ1) is 18.4. The van der Waals surface area contributed by atoms with Crippen LogP contribution < -0.4 is 10.7 Å². The van der Waals surface area contributed by atoms with Crippen LogP contribution in [0.5, 0.6) is 0 Å². The molecule has 0 unspecified atom stereocenters. The molecule has 0 aromatic heterocycles. The number of carbonyl (C=O) groups is 1. The topological polar surface area (TPSA) is 73.7 Å². The molecule has 0 saturated carbocycles. The Bertz CT molecular complexity index is 805. The molecule has 3 N–H and O–H groups in total. The number of rotatable bonds is 4. The lowest BCUT2D eigenvalue weighted by Gasteiger charge is -2.10. The van der Waals surface area contributed by atoms with Crippen molar-refractivity contribution in [3.63, 3.8) is 0 Å². The number of aromatic carboxylic acids is 1. The second-order valence-corrected chi connectivity index (χ2v) is 5.24. The van der Waals surface area contributed by atoms with E-state index < -0.39 is 17.7 Å². The number of benzene rings is 2. The Balaban J connectivity index is 1.93. The van der Waals surface area contributed by atoms with Crippen LogP contribution in [-0.2, 0) is 6.18 Å². The molecule has 2 aromatic rings. The minimum absolute atomic E-state index is 0.0118. The van der Waals surface area contributed by atoms with E-state index in [2.05, 4.69) is 15.8 Å². The van der Waals surface area contributed by atoms with Gasteiger partial charge in [-0.15, -0.1) is 0 Å². The molecule has 5 nitrogen and oxygen atoms in total. The first-order valence-electron chi connectivity index (χ1n) is 6.86. The Morgan fingerprint density at radius 1 is 1.16 bits per heavy atom. The Hall–Kier alpha value is -2.94. The lowest BCUT2D eigenvalue weighted by atomic mass is 10.1. The van der Waals surface area contributed by atoms with Crippen LogP contribution in [0.25, 0.3) is 0 Å². The Kier molecular flexibility index (Phi) is 5.71. The number of halogens is 3. The molecule has 0 aliphatic rings. The quantitative estimate of drug-likeness (QED) is 0.436. The van der Waals surface area contributed by atoms with E-state index >= 15 is 0 Å². The van der Waals surface area contributed by atoms with Crippen LogP contribution >= 0.6 is 12.2 Å². The number of carboxylic acids is 1. The smallest absolute Gasteiger partial charge is 0.416 e. The molecule has 0 aliphatic carbocycles. The third-order valence-corrected chi connectivity index (χ3v) is 3.18. The molecule has 25 heavy (non-hydrogen) atoms. The molecule has 0 spiro atoms. The van der Waals surface area contributed by atoms with E-state index in [0.717, 1.165) is 12.1 Å². The monoisotopic (exact) mass is 367 g/mol. The first-order chi connectivity index (χ1) is 11.8. The standard InChI is InChI=1S/C16H12F3N3O2S/c17-16(18,19)12-2-1-3-13(8-12)21-15(25)22-20-9-10-4-6-11(7-5-10)14(23)24/h1-9H,(H,23,24)(H2,21,22,25)/b20-9-. The zero-order valence-corrected chi connectivity index (χ0v) is 13.4. The van der Waals surface area contributed by atoms with Crippen molar-refractivity contribution >= 4 is 35.2 Å². The van der Waals surface area contributed by atoms with E-state index in [1.54, 1.807) is 12.1 Å². The average molecular weight is 367 g/mol. The first-order valence-corrected chi connectivity index (χ1v) is 7.27. The summed E-state index contributed by atoms with van der Waals surface area (Å²) in [5.41, 5.74) is 2.62. The lowest BCUT2D eigenvalue weighted by molar-refractivity contribution is -0.137. The highest BCUT2D eigenvalue weighted by Crippen LogP contribution is 2.30. The number of carboxylic acid groups (broad SMARTS) is 1. The number of hydrogen-bond donors (Lipinski definition) is 3. The van der Waals surface area contributed by atoms with Crippen LogP contribution in [0.2, 0.25) is 0 Å². The predicted molar refractivity (Wildman–Crippen MR) is 91.8 cm³/mol. The summed E-state index contributed by atoms with van der Waals surface area (Å²) in [5, 5.41) is 15.2. The van der Waals surface area contributed by atoms with Gasteiger partial charge in [0.2, 0.25) is 0 Å². The number of hydrogen-bond acceptors (Lipinski definition) is 3. The number of nitrogens with zero attached hydrogens (tertiary/aromatic N) is 1. The minimum atomic E-state index is -4.44. The van der Waals surface area contributed by atoms with Gasteiger partial charge in [0.05, 0.1) is 17.3 Å². The normalized spacial score (nSPS) is 11.3. The number of hydrazone groups is 1. The van der Waals surface area contributed by atoms with E-state index in [4.69, 9.17) is 17.3 Å². The van der Waals surface area contributed by atoms with Crippen LogP contribution in [0.3, 0.4) is 0 Å². The lowest BCUT2D eigenvalue weighted by Crippen LogP contribution is -2.24. The predicted octanol–water partition coefficient (Wildman–Crippen LogP) is 3.72. The molecular weight excluding hydrogens is 355 g/mol. The summed E-state index contributed by atoms with van der Waals surface area (Å²) >= 11 is 4.95. The van der Waals surface area contributed by atoms with Gasteiger partial charge in [-0.25, -0.2) is 4.79 Å². The second-order valence-electron chi connectivity index (χ2n) is 4.83. The van der Waals surface area contributed by atoms with Crippen LogP contribution in [-0.4, -0.2) is 22.4 Å². The molecule has 0 aliphatic heterocycles. The van der Waals surface area contributed by atoms with E-state index in [1.807, 2.05) is 0 Å². The molecule has 130 valence electrons. The van der Waals surface area contributed by atoms with E-state index in [1.165, 1.54) is 30.5 Å². The van der Waals surface area contributed by atoms with Gasteiger partial charge in [0.15, 0.2) is 5.11 Å². The number of nitrogens with one attached hydrogen (secondary N) is 2. The van der Waals surface area contributed by atoms with Crippen molar-refractivity contribution in [1.29, 1.82) is 0 Å². The van der Waals surface area contributed by atoms with E-state index in [-0.39, 0.29) is 16.4 Å².